The molecule has 2 heteroatoms. The van der Waals surface area contributed by atoms with Gasteiger partial charge in [-0.25, -0.2) is 0 Å². The van der Waals surface area contributed by atoms with E-state index in [0.29, 0.717) is 11.5 Å². The number of hydrogen-bond donors (Lipinski definition) is 1. The van der Waals surface area contributed by atoms with E-state index < -0.39 is 0 Å². The maximum absolute atomic E-state index is 3.67. The van der Waals surface area contributed by atoms with Crippen LogP contribution in [0, 0.1) is 12.3 Å². The molecule has 94 valence electrons. The van der Waals surface area contributed by atoms with Gasteiger partial charge in [0.2, 0.25) is 0 Å². The molecule has 1 nitrogen and oxygen atoms in total. The SMILES string of the molecule is Cc1cc(Br)cc(NC2CCC(C)(C)CC2)c1. The fourth-order valence-electron chi connectivity index (χ4n) is 2.60. The van der Waals surface area contributed by atoms with Crippen molar-refractivity contribution >= 4 is 21.6 Å². The molecule has 0 spiro atoms. The van der Waals surface area contributed by atoms with Crippen LogP contribution in [0.1, 0.15) is 45.1 Å². The van der Waals surface area contributed by atoms with Crippen LogP contribution >= 0.6 is 15.9 Å². The molecule has 1 aliphatic rings. The molecule has 0 aromatic heterocycles. The van der Waals surface area contributed by atoms with E-state index in [1.165, 1.54) is 36.9 Å². The molecule has 0 atom stereocenters. The van der Waals surface area contributed by atoms with Crippen molar-refractivity contribution in [3.8, 4) is 0 Å². The van der Waals surface area contributed by atoms with Crippen LogP contribution in [0.3, 0.4) is 0 Å². The molecule has 0 aliphatic heterocycles. The lowest BCUT2D eigenvalue weighted by Crippen LogP contribution is -2.29. The minimum Gasteiger partial charge on any atom is -0.382 e. The zero-order chi connectivity index (χ0) is 12.5. The molecular formula is C15H22BrN. The highest BCUT2D eigenvalue weighted by molar-refractivity contribution is 9.10. The van der Waals surface area contributed by atoms with Gasteiger partial charge in [0.15, 0.2) is 0 Å². The molecule has 1 N–H and O–H groups in total. The summed E-state index contributed by atoms with van der Waals surface area (Å²) in [5.74, 6) is 0. The van der Waals surface area contributed by atoms with Crippen molar-refractivity contribution in [1.29, 1.82) is 0 Å². The molecule has 1 aromatic carbocycles. The Hall–Kier alpha value is -0.500. The van der Waals surface area contributed by atoms with Gasteiger partial charge in [0.25, 0.3) is 0 Å². The van der Waals surface area contributed by atoms with Crippen molar-refractivity contribution in [3.05, 3.63) is 28.2 Å². The highest BCUT2D eigenvalue weighted by atomic mass is 79.9. The molecule has 0 amide bonds. The predicted molar refractivity (Wildman–Crippen MR) is 78.5 cm³/mol. The van der Waals surface area contributed by atoms with E-state index in [2.05, 4.69) is 60.2 Å². The van der Waals surface area contributed by atoms with Crippen molar-refractivity contribution in [3.63, 3.8) is 0 Å². The molecular weight excluding hydrogens is 274 g/mol. The van der Waals surface area contributed by atoms with Crippen molar-refractivity contribution in [2.24, 2.45) is 5.41 Å². The standard InChI is InChI=1S/C15H22BrN/c1-11-8-12(16)10-14(9-11)17-13-4-6-15(2,3)7-5-13/h8-10,13,17H,4-7H2,1-3H3. The first-order chi connectivity index (χ1) is 7.94. The Labute approximate surface area is 113 Å². The third-order valence-electron chi connectivity index (χ3n) is 3.75. The minimum absolute atomic E-state index is 0.547. The number of halogens is 1. The highest BCUT2D eigenvalue weighted by Gasteiger charge is 2.26. The van der Waals surface area contributed by atoms with Gasteiger partial charge in [-0.05, 0) is 61.8 Å². The lowest BCUT2D eigenvalue weighted by Gasteiger charge is -2.35. The summed E-state index contributed by atoms with van der Waals surface area (Å²) in [6.07, 6.45) is 5.24. The first-order valence-electron chi connectivity index (χ1n) is 6.48. The second-order valence-corrected chi connectivity index (χ2v) is 7.02. The Balaban J connectivity index is 1.97. The smallest absolute Gasteiger partial charge is 0.0356 e. The monoisotopic (exact) mass is 295 g/mol. The van der Waals surface area contributed by atoms with E-state index in [4.69, 9.17) is 0 Å². The number of benzene rings is 1. The second-order valence-electron chi connectivity index (χ2n) is 6.10. The average molecular weight is 296 g/mol. The molecule has 1 aliphatic carbocycles. The van der Waals surface area contributed by atoms with Gasteiger partial charge >= 0.3 is 0 Å². The summed E-state index contributed by atoms with van der Waals surface area (Å²) in [6, 6.07) is 7.20. The predicted octanol–water partition coefficient (Wildman–Crippen LogP) is 5.14. The molecule has 0 radical (unpaired) electrons. The van der Waals surface area contributed by atoms with Crippen molar-refractivity contribution in [2.75, 3.05) is 5.32 Å². The van der Waals surface area contributed by atoms with Crippen molar-refractivity contribution in [1.82, 2.24) is 0 Å². The Kier molecular flexibility index (Phi) is 3.82. The molecule has 0 saturated heterocycles. The van der Waals surface area contributed by atoms with E-state index in [1.807, 2.05) is 0 Å². The first kappa shape index (κ1) is 12.9. The van der Waals surface area contributed by atoms with E-state index >= 15 is 0 Å². The fraction of sp³-hybridized carbons (Fsp3) is 0.600. The van der Waals surface area contributed by atoms with Gasteiger partial charge < -0.3 is 5.32 Å². The third kappa shape index (κ3) is 3.74. The summed E-state index contributed by atoms with van der Waals surface area (Å²) in [7, 11) is 0. The summed E-state index contributed by atoms with van der Waals surface area (Å²) < 4.78 is 1.16. The van der Waals surface area contributed by atoms with E-state index in [-0.39, 0.29) is 0 Å². The van der Waals surface area contributed by atoms with Gasteiger partial charge in [-0.3, -0.25) is 0 Å². The molecule has 0 heterocycles. The first-order valence-corrected chi connectivity index (χ1v) is 7.28. The van der Waals surface area contributed by atoms with Gasteiger partial charge in [0.05, 0.1) is 0 Å². The van der Waals surface area contributed by atoms with Crippen molar-refractivity contribution < 1.29 is 0 Å². The largest absolute Gasteiger partial charge is 0.382 e. The molecule has 1 saturated carbocycles. The van der Waals surface area contributed by atoms with Crippen LogP contribution in [0.2, 0.25) is 0 Å². The van der Waals surface area contributed by atoms with Crippen LogP contribution in [0.4, 0.5) is 5.69 Å². The van der Waals surface area contributed by atoms with E-state index in [9.17, 15) is 0 Å². The maximum atomic E-state index is 3.67. The Morgan fingerprint density at radius 3 is 2.41 bits per heavy atom. The molecule has 17 heavy (non-hydrogen) atoms. The Bertz CT molecular complexity index is 368. The lowest BCUT2D eigenvalue weighted by molar-refractivity contribution is 0.232. The van der Waals surface area contributed by atoms with Crippen LogP contribution in [0.15, 0.2) is 22.7 Å². The van der Waals surface area contributed by atoms with Crippen LogP contribution in [-0.4, -0.2) is 6.04 Å². The molecule has 0 bridgehead atoms. The molecule has 2 rings (SSSR count). The summed E-state index contributed by atoms with van der Waals surface area (Å²) >= 11 is 3.56. The van der Waals surface area contributed by atoms with E-state index in [0.717, 1.165) is 4.47 Å². The van der Waals surface area contributed by atoms with Gasteiger partial charge in [-0.2, -0.15) is 0 Å². The Morgan fingerprint density at radius 1 is 1.18 bits per heavy atom. The van der Waals surface area contributed by atoms with Crippen LogP contribution < -0.4 is 5.32 Å². The van der Waals surface area contributed by atoms with Gasteiger partial charge in [0, 0.05) is 16.2 Å². The molecule has 0 unspecified atom stereocenters. The fourth-order valence-corrected chi connectivity index (χ4v) is 3.21. The molecule has 1 fully saturated rings. The summed E-state index contributed by atoms with van der Waals surface area (Å²) in [5, 5.41) is 3.67. The minimum atomic E-state index is 0.547. The zero-order valence-electron chi connectivity index (χ0n) is 11.0. The third-order valence-corrected chi connectivity index (χ3v) is 4.21. The number of nitrogens with one attached hydrogen (secondary N) is 1. The average Bonchev–Trinajstić information content (AvgIpc) is 2.20. The lowest BCUT2D eigenvalue weighted by atomic mass is 9.75. The normalized spacial score (nSPS) is 20.2. The summed E-state index contributed by atoms with van der Waals surface area (Å²) in [4.78, 5) is 0. The molecule has 1 aromatic rings. The topological polar surface area (TPSA) is 12.0 Å². The van der Waals surface area contributed by atoms with Crippen LogP contribution in [0.25, 0.3) is 0 Å². The number of anilines is 1. The zero-order valence-corrected chi connectivity index (χ0v) is 12.6. The number of hydrogen-bond acceptors (Lipinski definition) is 1. The van der Waals surface area contributed by atoms with Gasteiger partial charge in [-0.15, -0.1) is 0 Å². The second kappa shape index (κ2) is 5.01. The van der Waals surface area contributed by atoms with E-state index in [1.54, 1.807) is 0 Å². The van der Waals surface area contributed by atoms with Crippen LogP contribution in [-0.2, 0) is 0 Å². The van der Waals surface area contributed by atoms with Crippen LogP contribution in [0.5, 0.6) is 0 Å². The van der Waals surface area contributed by atoms with Gasteiger partial charge in [-0.1, -0.05) is 29.8 Å². The number of rotatable bonds is 2. The highest BCUT2D eigenvalue weighted by Crippen LogP contribution is 2.36. The quantitative estimate of drug-likeness (QED) is 0.797. The summed E-state index contributed by atoms with van der Waals surface area (Å²) in [6.45, 7) is 6.90. The Morgan fingerprint density at radius 2 is 1.82 bits per heavy atom. The van der Waals surface area contributed by atoms with Crippen molar-refractivity contribution in [2.45, 2.75) is 52.5 Å². The van der Waals surface area contributed by atoms with Gasteiger partial charge in [0.1, 0.15) is 0 Å². The maximum Gasteiger partial charge on any atom is 0.0356 e. The summed E-state index contributed by atoms with van der Waals surface area (Å²) in [5.41, 5.74) is 3.10. The number of aryl methyl sites for hydroxylation is 1.